The molecule has 16 aromatic rings. The second kappa shape index (κ2) is 22.8. The van der Waals surface area contributed by atoms with Gasteiger partial charge in [-0.05, 0) is 202 Å². The van der Waals surface area contributed by atoms with Crippen molar-refractivity contribution in [2.45, 2.75) is 209 Å². The van der Waals surface area contributed by atoms with E-state index < -0.39 is 0 Å². The summed E-state index contributed by atoms with van der Waals surface area (Å²) in [6, 6.07) is 84.0. The SMILES string of the molecule is CC(C)(C)c1cc(-c2cc(-c3cc(C(C)(C)C)cc(C(C)(C)C)c3)c3c4cccc5c4n(c3c2)-c2cccc3c2B5n2c4c-3cccc4c3c2c2cccc4c2n3B2c3c-4cccc3-n3c4cc(-c5cc(C(C)(C)C)cc(C(C)(C)C)c5)cc(-c5cc(C(C)(C)C)cc(C(C)(C)C)c5)c4c4cccc2c43)cc(C(C)(C)C)c1. The van der Waals surface area contributed by atoms with Crippen molar-refractivity contribution in [3.05, 3.63) is 251 Å². The van der Waals surface area contributed by atoms with E-state index in [0.717, 1.165) is 0 Å². The highest BCUT2D eigenvalue weighted by atomic mass is 15.1. The summed E-state index contributed by atoms with van der Waals surface area (Å²) >= 11 is 0. The quantitative estimate of drug-likeness (QED) is 0.157. The van der Waals surface area contributed by atoms with Gasteiger partial charge in [0.1, 0.15) is 0 Å². The molecule has 0 saturated heterocycles. The molecule has 556 valence electrons. The van der Waals surface area contributed by atoms with Crippen molar-refractivity contribution in [3.63, 3.8) is 0 Å². The molecule has 0 aliphatic carbocycles. The van der Waals surface area contributed by atoms with E-state index in [1.54, 1.807) is 0 Å². The summed E-state index contributed by atoms with van der Waals surface area (Å²) < 4.78 is 11.1. The maximum absolute atomic E-state index is 2.85. The monoisotopic (exact) mass is 1460 g/mol. The summed E-state index contributed by atoms with van der Waals surface area (Å²) in [5.74, 6) is 0. The fourth-order valence-electron chi connectivity index (χ4n) is 20.1. The molecule has 0 radical (unpaired) electrons. The summed E-state index contributed by atoms with van der Waals surface area (Å²) in [7, 11) is 0. The van der Waals surface area contributed by atoms with E-state index in [-0.39, 0.29) is 57.0 Å². The predicted octanol–water partition coefficient (Wildman–Crippen LogP) is 25.9. The lowest BCUT2D eigenvalue weighted by Crippen LogP contribution is -2.55. The van der Waals surface area contributed by atoms with Crippen molar-refractivity contribution in [2.24, 2.45) is 0 Å². The molecular formula is C106H106B2N4. The van der Waals surface area contributed by atoms with Gasteiger partial charge in [-0.25, -0.2) is 0 Å². The Labute approximate surface area is 664 Å². The van der Waals surface area contributed by atoms with E-state index in [9.17, 15) is 0 Å². The molecule has 6 heteroatoms. The standard InChI is InChI=1S/C106H106B2N4/c1-99(2,3)65-43-59(44-66(55-65)100(4,5)6)61-51-81(63-47-69(103(13,14)15)57-70(48-63)104(16,17)18)89-77-35-27-39-83-95(77)109(87(89)53-61)85-41-29-31-73-75-33-25-37-79-93(75)111(107(83)91(73)85)97-80-38-26-34-76-74-32-30-42-86-92(74)108(112(94(76)80)98(79)97)84-40-28-36-78-90-82(64-49-71(105(19,20)21)58-72(50-64)106(22,23)24)52-62(54-88(90)110(86)96(78)84)60-45-67(101(7,8)9)56-68(46-60)102(10,11)12/h25-58H,1-24H3. The Hall–Kier alpha value is -10.3. The Morgan fingerprint density at radius 1 is 0.214 bits per heavy atom. The highest BCUT2D eigenvalue weighted by Gasteiger charge is 2.47. The van der Waals surface area contributed by atoms with E-state index in [0.29, 0.717) is 0 Å². The van der Waals surface area contributed by atoms with Gasteiger partial charge in [0.25, 0.3) is 0 Å². The zero-order valence-corrected chi connectivity index (χ0v) is 70.6. The average molecular weight is 1460 g/mol. The molecule has 20 rings (SSSR count). The van der Waals surface area contributed by atoms with Gasteiger partial charge < -0.3 is 18.1 Å². The Balaban J connectivity index is 0.878. The largest absolute Gasteiger partial charge is 0.374 e. The highest BCUT2D eigenvalue weighted by molar-refractivity contribution is 6.92. The molecule has 4 aliphatic rings. The van der Waals surface area contributed by atoms with Crippen LogP contribution in [0.15, 0.2) is 206 Å². The average Bonchev–Trinajstić information content (AvgIpc) is 1.48. The third kappa shape index (κ3) is 10.1. The van der Waals surface area contributed by atoms with Gasteiger partial charge in [0.2, 0.25) is 0 Å². The molecule has 4 nitrogen and oxygen atoms in total. The van der Waals surface area contributed by atoms with Gasteiger partial charge in [0.05, 0.1) is 33.1 Å². The summed E-state index contributed by atoms with van der Waals surface area (Å²) in [5, 5.41) is 7.77. The molecule has 0 amide bonds. The second-order valence-corrected chi connectivity index (χ2v) is 42.3. The predicted molar refractivity (Wildman–Crippen MR) is 487 cm³/mol. The van der Waals surface area contributed by atoms with Crippen LogP contribution >= 0.6 is 0 Å². The maximum Gasteiger partial charge on any atom is 0.333 e. The minimum absolute atomic E-state index is 0.0610. The first-order chi connectivity index (χ1) is 52.6. The van der Waals surface area contributed by atoms with Crippen molar-refractivity contribution >= 4 is 112 Å². The summed E-state index contributed by atoms with van der Waals surface area (Å²) in [6.45, 7) is 56.7. The van der Waals surface area contributed by atoms with Crippen LogP contribution in [-0.4, -0.2) is 31.8 Å². The molecule has 112 heavy (non-hydrogen) atoms. The zero-order chi connectivity index (χ0) is 78.6. The van der Waals surface area contributed by atoms with Gasteiger partial charge in [-0.15, -0.1) is 0 Å². The Kier molecular flexibility index (Phi) is 14.4. The molecule has 0 N–H and O–H groups in total. The van der Waals surface area contributed by atoms with Crippen LogP contribution in [0.4, 0.5) is 0 Å². The molecule has 0 atom stereocenters. The van der Waals surface area contributed by atoms with Crippen LogP contribution in [0, 0.1) is 0 Å². The Morgan fingerprint density at radius 3 is 0.777 bits per heavy atom. The molecule has 12 aromatic carbocycles. The summed E-state index contributed by atoms with van der Waals surface area (Å²) in [5.41, 5.74) is 43.7. The van der Waals surface area contributed by atoms with Crippen molar-refractivity contribution in [3.8, 4) is 78.1 Å². The number of hydrogen-bond acceptors (Lipinski definition) is 0. The van der Waals surface area contributed by atoms with Crippen LogP contribution in [0.5, 0.6) is 0 Å². The lowest BCUT2D eigenvalue weighted by molar-refractivity contribution is 0.568. The fourth-order valence-corrected chi connectivity index (χ4v) is 20.1. The molecule has 8 heterocycles. The normalized spacial score (nSPS) is 14.2. The van der Waals surface area contributed by atoms with Crippen molar-refractivity contribution < 1.29 is 0 Å². The van der Waals surface area contributed by atoms with E-state index in [1.807, 2.05) is 0 Å². The van der Waals surface area contributed by atoms with Gasteiger partial charge in [-0.2, -0.15) is 0 Å². The van der Waals surface area contributed by atoms with Crippen molar-refractivity contribution in [1.29, 1.82) is 0 Å². The van der Waals surface area contributed by atoms with Crippen LogP contribution in [0.3, 0.4) is 0 Å². The molecule has 0 unspecified atom stereocenters. The van der Waals surface area contributed by atoms with Gasteiger partial charge in [-0.3, -0.25) is 0 Å². The van der Waals surface area contributed by atoms with Crippen LogP contribution in [0.25, 0.3) is 155 Å². The minimum atomic E-state index is -0.149. The number of aromatic nitrogens is 4. The third-order valence-corrected chi connectivity index (χ3v) is 26.4. The van der Waals surface area contributed by atoms with E-state index in [4.69, 9.17) is 0 Å². The van der Waals surface area contributed by atoms with Crippen molar-refractivity contribution in [2.75, 3.05) is 0 Å². The second-order valence-electron chi connectivity index (χ2n) is 42.3. The number of rotatable bonds is 4. The third-order valence-electron chi connectivity index (χ3n) is 26.4. The Morgan fingerprint density at radius 2 is 0.473 bits per heavy atom. The lowest BCUT2D eigenvalue weighted by atomic mass is 9.45. The van der Waals surface area contributed by atoms with Crippen LogP contribution in [0.2, 0.25) is 0 Å². The number of nitrogens with zero attached hydrogens (tertiary/aromatic N) is 4. The lowest BCUT2D eigenvalue weighted by Gasteiger charge is -2.34. The molecule has 0 saturated carbocycles. The van der Waals surface area contributed by atoms with Crippen LogP contribution in [-0.2, 0) is 43.3 Å². The maximum atomic E-state index is 2.85. The van der Waals surface area contributed by atoms with E-state index >= 15 is 0 Å². The van der Waals surface area contributed by atoms with Crippen molar-refractivity contribution in [1.82, 2.24) is 18.1 Å². The number of hydrogen-bond donors (Lipinski definition) is 0. The molecule has 4 aliphatic heterocycles. The first-order valence-corrected chi connectivity index (χ1v) is 41.4. The van der Waals surface area contributed by atoms with Gasteiger partial charge >= 0.3 is 13.7 Å². The highest BCUT2D eigenvalue weighted by Crippen LogP contribution is 2.53. The van der Waals surface area contributed by atoms with Crippen LogP contribution < -0.4 is 21.9 Å². The first kappa shape index (κ1) is 70.8. The molecule has 0 bridgehead atoms. The van der Waals surface area contributed by atoms with Crippen LogP contribution in [0.1, 0.15) is 211 Å². The fraction of sp³-hybridized carbons (Fsp3) is 0.302. The molecule has 0 fully saturated rings. The van der Waals surface area contributed by atoms with Gasteiger partial charge in [0, 0.05) is 65.9 Å². The first-order valence-electron chi connectivity index (χ1n) is 41.4. The Bertz CT molecular complexity index is 6340. The summed E-state index contributed by atoms with van der Waals surface area (Å²) in [4.78, 5) is 0. The zero-order valence-electron chi connectivity index (χ0n) is 70.6. The minimum Gasteiger partial charge on any atom is -0.374 e. The number of fused-ring (bicyclic) bond motifs is 19. The number of para-hydroxylation sites is 4. The van der Waals surface area contributed by atoms with Gasteiger partial charge in [-0.1, -0.05) is 336 Å². The molecular weight excluding hydrogens is 1350 g/mol. The topological polar surface area (TPSA) is 19.7 Å². The molecule has 0 spiro atoms. The van der Waals surface area contributed by atoms with E-state index in [1.165, 1.54) is 221 Å². The number of benzene rings is 12. The summed E-state index contributed by atoms with van der Waals surface area (Å²) in [6.07, 6.45) is 0. The van der Waals surface area contributed by atoms with E-state index in [2.05, 4.69) is 391 Å². The smallest absolute Gasteiger partial charge is 0.333 e. The molecule has 4 aromatic heterocycles. The van der Waals surface area contributed by atoms with Gasteiger partial charge in [0.15, 0.2) is 0 Å².